The molecule has 0 saturated heterocycles. The second-order valence-electron chi connectivity index (χ2n) is 3.36. The summed E-state index contributed by atoms with van der Waals surface area (Å²) in [6.45, 7) is 6.64. The van der Waals surface area contributed by atoms with Crippen molar-refractivity contribution >= 4 is 24.0 Å². The van der Waals surface area contributed by atoms with E-state index in [0.717, 1.165) is 35.8 Å². The predicted octanol–water partition coefficient (Wildman–Crippen LogP) is 3.66. The maximum Gasteiger partial charge on any atom is 0.123 e. The summed E-state index contributed by atoms with van der Waals surface area (Å²) in [6, 6.07) is 5.74. The van der Waals surface area contributed by atoms with Gasteiger partial charge in [0.25, 0.3) is 0 Å². The number of hydrogen-bond acceptors (Lipinski definition) is 2. The number of hydrogen-bond donors (Lipinski definition) is 1. The van der Waals surface area contributed by atoms with Gasteiger partial charge in [0.1, 0.15) is 5.75 Å². The Bertz CT molecular complexity index is 305. The predicted molar refractivity (Wildman–Crippen MR) is 71.9 cm³/mol. The molecule has 0 amide bonds. The summed E-state index contributed by atoms with van der Waals surface area (Å²) in [5.74, 6) is 0.922. The summed E-state index contributed by atoms with van der Waals surface area (Å²) in [4.78, 5) is 0. The van der Waals surface area contributed by atoms with Crippen LogP contribution in [0.25, 0.3) is 0 Å². The first kappa shape index (κ1) is 15.6. The fraction of sp³-hybridized carbons (Fsp3) is 0.500. The summed E-state index contributed by atoms with van der Waals surface area (Å²) in [7, 11) is 0. The lowest BCUT2D eigenvalue weighted by atomic mass is 10.2. The van der Waals surface area contributed by atoms with Gasteiger partial charge in [0.2, 0.25) is 0 Å². The van der Waals surface area contributed by atoms with Crippen LogP contribution in [0.15, 0.2) is 18.2 Å². The zero-order valence-electron chi connectivity index (χ0n) is 9.75. The van der Waals surface area contributed by atoms with Gasteiger partial charge in [-0.3, -0.25) is 0 Å². The Morgan fingerprint density at radius 3 is 2.69 bits per heavy atom. The van der Waals surface area contributed by atoms with E-state index in [1.54, 1.807) is 0 Å². The van der Waals surface area contributed by atoms with Crippen LogP contribution in [-0.4, -0.2) is 13.2 Å². The molecule has 0 heterocycles. The van der Waals surface area contributed by atoms with Crippen molar-refractivity contribution in [3.8, 4) is 5.75 Å². The normalized spacial score (nSPS) is 9.69. The number of ether oxygens (including phenoxy) is 1. The van der Waals surface area contributed by atoms with Crippen molar-refractivity contribution in [1.82, 2.24) is 5.32 Å². The largest absolute Gasteiger partial charge is 0.494 e. The fourth-order valence-electron chi connectivity index (χ4n) is 1.38. The summed E-state index contributed by atoms with van der Waals surface area (Å²) in [6.07, 6.45) is 1.13. The molecule has 4 heteroatoms. The molecule has 0 saturated carbocycles. The minimum absolute atomic E-state index is 0. The molecule has 1 N–H and O–H groups in total. The molecule has 0 aromatic heterocycles. The fourth-order valence-corrected chi connectivity index (χ4v) is 1.58. The second-order valence-corrected chi connectivity index (χ2v) is 3.80. The molecule has 0 unspecified atom stereocenters. The molecular weight excluding hydrogens is 245 g/mol. The molecule has 0 radical (unpaired) electrons. The smallest absolute Gasteiger partial charge is 0.123 e. The first-order chi connectivity index (χ1) is 7.27. The van der Waals surface area contributed by atoms with Crippen LogP contribution in [0.5, 0.6) is 5.75 Å². The third-order valence-electron chi connectivity index (χ3n) is 2.06. The van der Waals surface area contributed by atoms with Crippen molar-refractivity contribution in [3.05, 3.63) is 28.8 Å². The Balaban J connectivity index is 0.00000225. The second kappa shape index (κ2) is 8.68. The van der Waals surface area contributed by atoms with Gasteiger partial charge in [-0.15, -0.1) is 12.4 Å². The first-order valence-electron chi connectivity index (χ1n) is 5.39. The Hall–Kier alpha value is -0.440. The average Bonchev–Trinajstić information content (AvgIpc) is 2.22. The van der Waals surface area contributed by atoms with Crippen LogP contribution < -0.4 is 10.1 Å². The lowest BCUT2D eigenvalue weighted by molar-refractivity contribution is 0.335. The van der Waals surface area contributed by atoms with E-state index in [4.69, 9.17) is 16.3 Å². The lowest BCUT2D eigenvalue weighted by Gasteiger charge is -2.11. The molecule has 0 fully saturated rings. The summed E-state index contributed by atoms with van der Waals surface area (Å²) in [5, 5.41) is 4.09. The standard InChI is InChI=1S/C12H18ClNO.ClH/c1-3-7-14-9-10-8-11(13)5-6-12(10)15-4-2;/h5-6,8,14H,3-4,7,9H2,1-2H3;1H. The number of halogens is 2. The van der Waals surface area contributed by atoms with Crippen LogP contribution >= 0.6 is 24.0 Å². The van der Waals surface area contributed by atoms with Crippen LogP contribution in [0.2, 0.25) is 5.02 Å². The molecule has 0 aliphatic heterocycles. The number of benzene rings is 1. The highest BCUT2D eigenvalue weighted by Crippen LogP contribution is 2.22. The molecule has 0 atom stereocenters. The van der Waals surface area contributed by atoms with Crippen molar-refractivity contribution in [2.45, 2.75) is 26.8 Å². The van der Waals surface area contributed by atoms with E-state index >= 15 is 0 Å². The van der Waals surface area contributed by atoms with Crippen LogP contribution in [-0.2, 0) is 6.54 Å². The maximum absolute atomic E-state index is 5.95. The van der Waals surface area contributed by atoms with Crippen molar-refractivity contribution in [2.24, 2.45) is 0 Å². The highest BCUT2D eigenvalue weighted by Gasteiger charge is 2.03. The Morgan fingerprint density at radius 2 is 2.06 bits per heavy atom. The molecule has 92 valence electrons. The zero-order chi connectivity index (χ0) is 11.1. The minimum atomic E-state index is 0. The summed E-state index contributed by atoms with van der Waals surface area (Å²) >= 11 is 5.95. The van der Waals surface area contributed by atoms with E-state index in [0.29, 0.717) is 6.61 Å². The van der Waals surface area contributed by atoms with E-state index in [9.17, 15) is 0 Å². The molecule has 1 rings (SSSR count). The van der Waals surface area contributed by atoms with Gasteiger partial charge >= 0.3 is 0 Å². The van der Waals surface area contributed by atoms with Crippen LogP contribution in [0.3, 0.4) is 0 Å². The van der Waals surface area contributed by atoms with Gasteiger partial charge in [-0.25, -0.2) is 0 Å². The van der Waals surface area contributed by atoms with Crippen molar-refractivity contribution in [2.75, 3.05) is 13.2 Å². The highest BCUT2D eigenvalue weighted by atomic mass is 35.5. The van der Waals surface area contributed by atoms with Gasteiger partial charge in [-0.2, -0.15) is 0 Å². The van der Waals surface area contributed by atoms with E-state index < -0.39 is 0 Å². The molecule has 16 heavy (non-hydrogen) atoms. The third kappa shape index (κ3) is 5.06. The minimum Gasteiger partial charge on any atom is -0.494 e. The monoisotopic (exact) mass is 263 g/mol. The van der Waals surface area contributed by atoms with E-state index in [1.165, 1.54) is 0 Å². The van der Waals surface area contributed by atoms with Crippen molar-refractivity contribution in [3.63, 3.8) is 0 Å². The highest BCUT2D eigenvalue weighted by molar-refractivity contribution is 6.30. The van der Waals surface area contributed by atoms with Gasteiger partial charge in [0.05, 0.1) is 6.61 Å². The average molecular weight is 264 g/mol. The van der Waals surface area contributed by atoms with E-state index in [1.807, 2.05) is 25.1 Å². The number of rotatable bonds is 6. The molecule has 0 aliphatic carbocycles. The van der Waals surface area contributed by atoms with Crippen molar-refractivity contribution in [1.29, 1.82) is 0 Å². The molecule has 2 nitrogen and oxygen atoms in total. The molecule has 1 aromatic rings. The first-order valence-corrected chi connectivity index (χ1v) is 5.77. The van der Waals surface area contributed by atoms with Crippen LogP contribution in [0.1, 0.15) is 25.8 Å². The molecule has 0 bridgehead atoms. The van der Waals surface area contributed by atoms with Gasteiger partial charge in [-0.1, -0.05) is 18.5 Å². The number of nitrogens with one attached hydrogen (secondary N) is 1. The molecule has 0 spiro atoms. The lowest BCUT2D eigenvalue weighted by Crippen LogP contribution is -2.14. The quantitative estimate of drug-likeness (QED) is 0.792. The van der Waals surface area contributed by atoms with Gasteiger partial charge in [0.15, 0.2) is 0 Å². The molecule has 0 aliphatic rings. The SMILES string of the molecule is CCCNCc1cc(Cl)ccc1OCC.Cl. The Kier molecular flexibility index (Phi) is 8.44. The van der Waals surface area contributed by atoms with Gasteiger partial charge in [0, 0.05) is 17.1 Å². The topological polar surface area (TPSA) is 21.3 Å². The zero-order valence-corrected chi connectivity index (χ0v) is 11.3. The van der Waals surface area contributed by atoms with Crippen LogP contribution in [0, 0.1) is 0 Å². The Morgan fingerprint density at radius 1 is 1.31 bits per heavy atom. The molecule has 1 aromatic carbocycles. The molecular formula is C12H19Cl2NO. The van der Waals surface area contributed by atoms with Gasteiger partial charge in [-0.05, 0) is 38.1 Å². The van der Waals surface area contributed by atoms with E-state index in [-0.39, 0.29) is 12.4 Å². The van der Waals surface area contributed by atoms with E-state index in [2.05, 4.69) is 12.2 Å². The van der Waals surface area contributed by atoms with Crippen molar-refractivity contribution < 1.29 is 4.74 Å². The van der Waals surface area contributed by atoms with Crippen LogP contribution in [0.4, 0.5) is 0 Å². The Labute approximate surface area is 109 Å². The third-order valence-corrected chi connectivity index (χ3v) is 2.30. The van der Waals surface area contributed by atoms with Gasteiger partial charge < -0.3 is 10.1 Å². The summed E-state index contributed by atoms with van der Waals surface area (Å²) < 4.78 is 5.52. The summed E-state index contributed by atoms with van der Waals surface area (Å²) in [5.41, 5.74) is 1.12. The maximum atomic E-state index is 5.95.